The minimum Gasteiger partial charge on any atom is -0.477 e. The Morgan fingerprint density at radius 2 is 1.91 bits per heavy atom. The molecule has 4 N–H and O–H groups in total. The number of benzene rings is 1. The fourth-order valence-electron chi connectivity index (χ4n) is 5.13. The number of carbonyl (C=O) groups is 2. The summed E-state index contributed by atoms with van der Waals surface area (Å²) in [6.07, 6.45) is -4.99. The zero-order chi connectivity index (χ0) is 23.8. The van der Waals surface area contributed by atoms with Gasteiger partial charge in [-0.25, -0.2) is 9.59 Å². The Morgan fingerprint density at radius 1 is 1.24 bits per heavy atom. The number of pyridine rings is 1. The van der Waals surface area contributed by atoms with Crippen molar-refractivity contribution in [3.8, 4) is 17.0 Å². The molecular formula is C22H20F3N3O5. The summed E-state index contributed by atoms with van der Waals surface area (Å²) in [4.78, 5) is 40.4. The molecule has 11 heteroatoms. The molecule has 1 unspecified atom stereocenters. The summed E-state index contributed by atoms with van der Waals surface area (Å²) in [7, 11) is 0. The molecule has 3 aliphatic rings. The van der Waals surface area contributed by atoms with E-state index in [1.165, 1.54) is 0 Å². The van der Waals surface area contributed by atoms with Gasteiger partial charge in [0, 0.05) is 35.9 Å². The van der Waals surface area contributed by atoms with E-state index in [0.29, 0.717) is 23.8 Å². The summed E-state index contributed by atoms with van der Waals surface area (Å²) >= 11 is 0. The predicted octanol–water partition coefficient (Wildman–Crippen LogP) is 2.26. The van der Waals surface area contributed by atoms with E-state index < -0.39 is 40.9 Å². The van der Waals surface area contributed by atoms with E-state index in [4.69, 9.17) is 5.73 Å². The van der Waals surface area contributed by atoms with Gasteiger partial charge in [-0.1, -0.05) is 13.0 Å². The Hall–Kier alpha value is -3.34. The molecule has 0 amide bonds. The number of anilines is 1. The summed E-state index contributed by atoms with van der Waals surface area (Å²) in [5.41, 5.74) is 6.41. The van der Waals surface area contributed by atoms with Crippen molar-refractivity contribution in [3.05, 3.63) is 45.2 Å². The van der Waals surface area contributed by atoms with E-state index in [-0.39, 0.29) is 17.3 Å². The topological polar surface area (TPSA) is 126 Å². The molecule has 174 valence electrons. The zero-order valence-electron chi connectivity index (χ0n) is 17.4. The van der Waals surface area contributed by atoms with Crippen LogP contribution in [0.25, 0.3) is 11.3 Å². The Balaban J connectivity index is 1.60. The van der Waals surface area contributed by atoms with Gasteiger partial charge in [0.05, 0.1) is 5.69 Å². The first-order valence-corrected chi connectivity index (χ1v) is 10.4. The van der Waals surface area contributed by atoms with Gasteiger partial charge in [-0.2, -0.15) is 13.2 Å². The molecular weight excluding hydrogens is 443 g/mol. The second-order valence-electron chi connectivity index (χ2n) is 8.90. The van der Waals surface area contributed by atoms with E-state index in [1.54, 1.807) is 13.0 Å². The molecule has 8 nitrogen and oxygen atoms in total. The minimum absolute atomic E-state index is 0.0539. The number of nitrogens with one attached hydrogen (secondary N) is 1. The Labute approximate surface area is 185 Å². The molecule has 1 aromatic heterocycles. The number of rotatable bonds is 3. The van der Waals surface area contributed by atoms with E-state index in [2.05, 4.69) is 14.6 Å². The Kier molecular flexibility index (Phi) is 4.61. The molecule has 2 fully saturated rings. The number of fused-ring (bicyclic) bond motifs is 4. The van der Waals surface area contributed by atoms with Crippen LogP contribution in [0.3, 0.4) is 0 Å². The van der Waals surface area contributed by atoms with Crippen LogP contribution in [0.2, 0.25) is 0 Å². The minimum atomic E-state index is -5.35. The van der Waals surface area contributed by atoms with Gasteiger partial charge in [-0.05, 0) is 41.9 Å². The van der Waals surface area contributed by atoms with Crippen LogP contribution in [0.15, 0.2) is 23.0 Å². The average Bonchev–Trinajstić information content (AvgIpc) is 3.11. The maximum atomic E-state index is 12.9. The van der Waals surface area contributed by atoms with Gasteiger partial charge in [0.15, 0.2) is 11.3 Å². The summed E-state index contributed by atoms with van der Waals surface area (Å²) in [5.74, 6) is -4.79. The number of nitrogens with zero attached hydrogens (tertiary/aromatic N) is 1. The first-order valence-electron chi connectivity index (χ1n) is 10.4. The van der Waals surface area contributed by atoms with E-state index >= 15 is 0 Å². The number of hydrogen-bond acceptors (Lipinski definition) is 6. The van der Waals surface area contributed by atoms with Crippen molar-refractivity contribution in [3.63, 3.8) is 0 Å². The number of aromatic amines is 1. The van der Waals surface area contributed by atoms with Crippen molar-refractivity contribution in [2.45, 2.75) is 31.5 Å². The number of carbonyl (C=O) groups excluding carboxylic acids is 1. The fraction of sp³-hybridized carbons (Fsp3) is 0.409. The van der Waals surface area contributed by atoms with Crippen LogP contribution in [-0.2, 0) is 11.2 Å². The molecule has 0 radical (unpaired) electrons. The molecule has 2 aliphatic carbocycles. The maximum Gasteiger partial charge on any atom is 0.491 e. The molecule has 1 aromatic carbocycles. The number of hydrogen-bond donors (Lipinski definition) is 3. The lowest BCUT2D eigenvalue weighted by Crippen LogP contribution is -2.32. The van der Waals surface area contributed by atoms with Crippen molar-refractivity contribution in [1.82, 2.24) is 4.98 Å². The van der Waals surface area contributed by atoms with Crippen LogP contribution in [0.1, 0.15) is 34.3 Å². The third kappa shape index (κ3) is 3.38. The molecule has 4 atom stereocenters. The molecule has 1 saturated carbocycles. The average molecular weight is 463 g/mol. The van der Waals surface area contributed by atoms with Gasteiger partial charge >= 0.3 is 18.1 Å². The molecule has 2 heterocycles. The van der Waals surface area contributed by atoms with Crippen molar-refractivity contribution in [1.29, 1.82) is 0 Å². The largest absolute Gasteiger partial charge is 0.491 e. The predicted molar refractivity (Wildman–Crippen MR) is 110 cm³/mol. The molecule has 33 heavy (non-hydrogen) atoms. The third-order valence-corrected chi connectivity index (χ3v) is 6.85. The van der Waals surface area contributed by atoms with Gasteiger partial charge in [-0.15, -0.1) is 0 Å². The van der Waals surface area contributed by atoms with Crippen LogP contribution >= 0.6 is 0 Å². The number of H-pyrrole nitrogens is 1. The van der Waals surface area contributed by atoms with Crippen LogP contribution in [-0.4, -0.2) is 47.3 Å². The molecule has 0 spiro atoms. The number of aromatic carboxylic acids is 1. The van der Waals surface area contributed by atoms with E-state index in [1.807, 2.05) is 12.1 Å². The maximum absolute atomic E-state index is 12.9. The number of carboxylic acids is 1. The van der Waals surface area contributed by atoms with Gasteiger partial charge in [-0.3, -0.25) is 4.79 Å². The van der Waals surface area contributed by atoms with Crippen LogP contribution < -0.4 is 20.9 Å². The SMILES string of the molecule is CC1Cc2cc(N3C[C@@H]4[C@@H](N)[C@@H]4C3)ccc2-c2[nH]c(=O)c(C(=O)O)c(OC(=O)C(F)(F)F)c21. The van der Waals surface area contributed by atoms with Gasteiger partial charge in [0.1, 0.15) is 0 Å². The summed E-state index contributed by atoms with van der Waals surface area (Å²) in [6.45, 7) is 3.38. The lowest BCUT2D eigenvalue weighted by molar-refractivity contribution is -0.189. The van der Waals surface area contributed by atoms with Crippen LogP contribution in [0.4, 0.5) is 18.9 Å². The van der Waals surface area contributed by atoms with E-state index in [9.17, 15) is 32.7 Å². The number of ether oxygens (including phenoxy) is 1. The number of alkyl halides is 3. The highest BCUT2D eigenvalue weighted by Gasteiger charge is 2.53. The molecule has 1 saturated heterocycles. The monoisotopic (exact) mass is 463 g/mol. The lowest BCUT2D eigenvalue weighted by Gasteiger charge is -2.29. The smallest absolute Gasteiger partial charge is 0.477 e. The fourth-order valence-corrected chi connectivity index (χ4v) is 5.13. The van der Waals surface area contributed by atoms with Crippen molar-refractivity contribution in [2.75, 3.05) is 18.0 Å². The number of esters is 1. The molecule has 5 rings (SSSR count). The highest BCUT2D eigenvalue weighted by Crippen LogP contribution is 2.48. The van der Waals surface area contributed by atoms with Gasteiger partial charge in [0.25, 0.3) is 5.56 Å². The first-order chi connectivity index (χ1) is 15.5. The van der Waals surface area contributed by atoms with E-state index in [0.717, 1.165) is 24.3 Å². The van der Waals surface area contributed by atoms with Gasteiger partial charge < -0.3 is 25.5 Å². The standard InChI is InChI=1S/C22H20F3N3O5/c1-8-4-9-5-10(28-6-12-13(7-28)16(12)26)2-3-11(9)17-14(8)18(33-21(32)22(23,24)25)15(20(30)31)19(29)27-17/h2-3,5,8,12-13,16H,4,6-7,26H2,1H3,(H,27,29)(H,30,31)/t8?,12-,13+,16+. The molecule has 1 aliphatic heterocycles. The van der Waals surface area contributed by atoms with Crippen molar-refractivity contribution >= 4 is 17.6 Å². The summed E-state index contributed by atoms with van der Waals surface area (Å²) in [5, 5.41) is 9.44. The molecule has 2 aromatic rings. The van der Waals surface area contributed by atoms with Crippen molar-refractivity contribution < 1.29 is 32.6 Å². The highest BCUT2D eigenvalue weighted by atomic mass is 19.4. The first kappa shape index (κ1) is 21.5. The normalized spacial score (nSPS) is 25.2. The number of carboxylic acid groups (broad SMARTS) is 1. The van der Waals surface area contributed by atoms with Crippen molar-refractivity contribution in [2.24, 2.45) is 17.6 Å². The van der Waals surface area contributed by atoms with Gasteiger partial charge in [0.2, 0.25) is 0 Å². The third-order valence-electron chi connectivity index (χ3n) is 6.85. The Bertz CT molecular complexity index is 1240. The summed E-state index contributed by atoms with van der Waals surface area (Å²) in [6, 6.07) is 5.80. The Morgan fingerprint density at radius 3 is 2.52 bits per heavy atom. The highest BCUT2D eigenvalue weighted by molar-refractivity contribution is 5.94. The van der Waals surface area contributed by atoms with Crippen LogP contribution in [0.5, 0.6) is 5.75 Å². The molecule has 0 bridgehead atoms. The number of halogens is 3. The second-order valence-corrected chi connectivity index (χ2v) is 8.90. The number of aromatic nitrogens is 1. The number of nitrogens with two attached hydrogens (primary N) is 1. The second kappa shape index (κ2) is 7.08. The summed E-state index contributed by atoms with van der Waals surface area (Å²) < 4.78 is 43.1. The lowest BCUT2D eigenvalue weighted by atomic mass is 9.80. The number of piperidine rings is 1. The van der Waals surface area contributed by atoms with Crippen LogP contribution in [0, 0.1) is 11.8 Å². The zero-order valence-corrected chi connectivity index (χ0v) is 17.4. The quantitative estimate of drug-likeness (QED) is 0.596.